The highest BCUT2D eigenvalue weighted by molar-refractivity contribution is 7.88. The van der Waals surface area contributed by atoms with Crippen LogP contribution in [0, 0.1) is 5.92 Å². The van der Waals surface area contributed by atoms with Crippen molar-refractivity contribution in [1.82, 2.24) is 9.21 Å². The number of benzene rings is 1. The first kappa shape index (κ1) is 18.4. The lowest BCUT2D eigenvalue weighted by Crippen LogP contribution is -2.43. The normalized spacial score (nSPS) is 22.8. The highest BCUT2D eigenvalue weighted by Gasteiger charge is 2.30. The number of carbonyl (C=O) groups is 1. The molecule has 0 bridgehead atoms. The number of nitrogens with zero attached hydrogens (tertiary/aromatic N) is 2. The van der Waals surface area contributed by atoms with Crippen LogP contribution in [0.4, 0.5) is 5.69 Å². The highest BCUT2D eigenvalue weighted by Crippen LogP contribution is 2.23. The number of hydrogen-bond acceptors (Lipinski definition) is 4. The van der Waals surface area contributed by atoms with Crippen molar-refractivity contribution >= 4 is 21.6 Å². The summed E-state index contributed by atoms with van der Waals surface area (Å²) in [6.45, 7) is 3.84. The van der Waals surface area contributed by atoms with Crippen molar-refractivity contribution < 1.29 is 13.2 Å². The molecule has 1 unspecified atom stereocenters. The van der Waals surface area contributed by atoms with E-state index in [0.717, 1.165) is 43.7 Å². The minimum Gasteiger partial charge on any atom is -0.326 e. The number of likely N-dealkylation sites (tertiary alicyclic amines) is 1. The van der Waals surface area contributed by atoms with Gasteiger partial charge in [0.25, 0.3) is 0 Å². The average Bonchev–Trinajstić information content (AvgIpc) is 3.09. The third-order valence-electron chi connectivity index (χ3n) is 5.09. The van der Waals surface area contributed by atoms with E-state index < -0.39 is 10.0 Å². The smallest absolute Gasteiger partial charge is 0.228 e. The molecule has 2 aliphatic heterocycles. The lowest BCUT2D eigenvalue weighted by Gasteiger charge is -2.30. The van der Waals surface area contributed by atoms with Gasteiger partial charge in [-0.1, -0.05) is 18.2 Å². The summed E-state index contributed by atoms with van der Waals surface area (Å²) in [7, 11) is -3.24. The van der Waals surface area contributed by atoms with Gasteiger partial charge in [0.2, 0.25) is 15.9 Å². The predicted octanol–water partition coefficient (Wildman–Crippen LogP) is 1.89. The second kappa shape index (κ2) is 7.85. The molecule has 0 saturated carbocycles. The first-order valence-electron chi connectivity index (χ1n) is 9.00. The number of nitrogens with one attached hydrogen (secondary N) is 1. The van der Waals surface area contributed by atoms with Gasteiger partial charge in [-0.2, -0.15) is 0 Å². The number of rotatable bonds is 5. The summed E-state index contributed by atoms with van der Waals surface area (Å²) in [5, 5.41) is 3.04. The molecule has 1 atom stereocenters. The number of amides is 1. The lowest BCUT2D eigenvalue weighted by molar-refractivity contribution is -0.120. The summed E-state index contributed by atoms with van der Waals surface area (Å²) in [5.41, 5.74) is 1.96. The van der Waals surface area contributed by atoms with Crippen LogP contribution in [-0.4, -0.2) is 56.0 Å². The fourth-order valence-electron chi connectivity index (χ4n) is 3.65. The monoisotopic (exact) mass is 365 g/mol. The maximum absolute atomic E-state index is 12.7. The Balaban J connectivity index is 1.66. The van der Waals surface area contributed by atoms with E-state index in [1.54, 1.807) is 0 Å². The number of para-hydroxylation sites is 1. The minimum absolute atomic E-state index is 0.0813. The maximum atomic E-state index is 12.7. The lowest BCUT2D eigenvalue weighted by atomic mass is 9.98. The quantitative estimate of drug-likeness (QED) is 0.865. The first-order valence-corrected chi connectivity index (χ1v) is 10.8. The van der Waals surface area contributed by atoms with E-state index in [-0.39, 0.29) is 18.4 Å². The van der Waals surface area contributed by atoms with E-state index >= 15 is 0 Å². The van der Waals surface area contributed by atoms with E-state index in [1.807, 2.05) is 18.2 Å². The Bertz CT molecular complexity index is 714. The molecule has 2 heterocycles. The van der Waals surface area contributed by atoms with Crippen molar-refractivity contribution in [3.05, 3.63) is 29.8 Å². The molecule has 1 aromatic carbocycles. The summed E-state index contributed by atoms with van der Waals surface area (Å²) >= 11 is 0. The summed E-state index contributed by atoms with van der Waals surface area (Å²) in [5.74, 6) is -0.370. The van der Waals surface area contributed by atoms with Crippen molar-refractivity contribution in [1.29, 1.82) is 0 Å². The zero-order valence-corrected chi connectivity index (χ0v) is 15.6. The van der Waals surface area contributed by atoms with E-state index in [0.29, 0.717) is 6.54 Å². The Labute approximate surface area is 150 Å². The molecule has 7 heteroatoms. The molecule has 1 amide bonds. The molecule has 0 spiro atoms. The van der Waals surface area contributed by atoms with Crippen LogP contribution in [0.5, 0.6) is 0 Å². The number of anilines is 1. The van der Waals surface area contributed by atoms with Crippen molar-refractivity contribution in [3.8, 4) is 0 Å². The van der Waals surface area contributed by atoms with Crippen LogP contribution < -0.4 is 5.32 Å². The third kappa shape index (κ3) is 4.80. The van der Waals surface area contributed by atoms with Gasteiger partial charge in [0.15, 0.2) is 0 Å². The molecule has 1 N–H and O–H groups in total. The maximum Gasteiger partial charge on any atom is 0.228 e. The van der Waals surface area contributed by atoms with Gasteiger partial charge in [-0.05, 0) is 50.4 Å². The van der Waals surface area contributed by atoms with Gasteiger partial charge >= 0.3 is 0 Å². The number of piperidine rings is 1. The Hall–Kier alpha value is -1.44. The molecular formula is C18H27N3O3S. The summed E-state index contributed by atoms with van der Waals surface area (Å²) in [6, 6.07) is 7.90. The molecule has 1 aromatic rings. The largest absolute Gasteiger partial charge is 0.326 e. The number of hydrogen-bond donors (Lipinski definition) is 1. The van der Waals surface area contributed by atoms with E-state index in [4.69, 9.17) is 0 Å². The Kier molecular flexibility index (Phi) is 5.76. The zero-order chi connectivity index (χ0) is 17.9. The molecule has 3 rings (SSSR count). The minimum atomic E-state index is -3.24. The van der Waals surface area contributed by atoms with Crippen molar-refractivity contribution in [3.63, 3.8) is 0 Å². The summed E-state index contributed by atoms with van der Waals surface area (Å²) in [4.78, 5) is 15.1. The van der Waals surface area contributed by atoms with Gasteiger partial charge in [0, 0.05) is 25.3 Å². The van der Waals surface area contributed by atoms with Gasteiger partial charge in [-0.15, -0.1) is 0 Å². The van der Waals surface area contributed by atoms with Gasteiger partial charge in [-0.3, -0.25) is 9.69 Å². The summed E-state index contributed by atoms with van der Waals surface area (Å²) < 4.78 is 24.9. The van der Waals surface area contributed by atoms with Crippen LogP contribution in [0.25, 0.3) is 0 Å². The molecule has 0 aromatic heterocycles. The first-order chi connectivity index (χ1) is 11.9. The van der Waals surface area contributed by atoms with E-state index in [1.165, 1.54) is 23.4 Å². The van der Waals surface area contributed by atoms with Crippen LogP contribution in [-0.2, 0) is 21.4 Å². The van der Waals surface area contributed by atoms with Crippen LogP contribution in [0.15, 0.2) is 24.3 Å². The topological polar surface area (TPSA) is 69.7 Å². The van der Waals surface area contributed by atoms with Gasteiger partial charge in [0.1, 0.15) is 0 Å². The molecule has 0 radical (unpaired) electrons. The fourth-order valence-corrected chi connectivity index (χ4v) is 4.57. The van der Waals surface area contributed by atoms with Crippen molar-refractivity contribution in [2.45, 2.75) is 32.2 Å². The van der Waals surface area contributed by atoms with Crippen molar-refractivity contribution in [2.75, 3.05) is 37.8 Å². The van der Waals surface area contributed by atoms with Crippen molar-refractivity contribution in [2.24, 2.45) is 5.92 Å². The standard InChI is InChI=1S/C18H27N3O3S/c1-25(23,24)21-12-6-8-16(14-21)18(22)19-17-9-3-2-7-15(17)13-20-10-4-5-11-20/h2-3,7,9,16H,4-6,8,10-14H2,1H3,(H,19,22). The Morgan fingerprint density at radius 3 is 2.60 bits per heavy atom. The molecule has 2 fully saturated rings. The Morgan fingerprint density at radius 1 is 1.16 bits per heavy atom. The van der Waals surface area contributed by atoms with E-state index in [2.05, 4.69) is 16.3 Å². The molecule has 2 aliphatic rings. The number of sulfonamides is 1. The molecule has 2 saturated heterocycles. The zero-order valence-electron chi connectivity index (χ0n) is 14.8. The average molecular weight is 365 g/mol. The second-order valence-electron chi connectivity index (χ2n) is 7.09. The summed E-state index contributed by atoms with van der Waals surface area (Å²) in [6.07, 6.45) is 5.13. The van der Waals surface area contributed by atoms with Gasteiger partial charge in [0.05, 0.1) is 12.2 Å². The highest BCUT2D eigenvalue weighted by atomic mass is 32.2. The number of carbonyl (C=O) groups excluding carboxylic acids is 1. The van der Waals surface area contributed by atoms with Crippen LogP contribution in [0.3, 0.4) is 0 Å². The molecular weight excluding hydrogens is 338 g/mol. The fraction of sp³-hybridized carbons (Fsp3) is 0.611. The molecule has 0 aliphatic carbocycles. The second-order valence-corrected chi connectivity index (χ2v) is 9.07. The van der Waals surface area contributed by atoms with Crippen LogP contribution >= 0.6 is 0 Å². The molecule has 138 valence electrons. The van der Waals surface area contributed by atoms with Crippen LogP contribution in [0.2, 0.25) is 0 Å². The SMILES string of the molecule is CS(=O)(=O)N1CCCC(C(=O)Nc2ccccc2CN2CCCC2)C1. The van der Waals surface area contributed by atoms with Crippen LogP contribution in [0.1, 0.15) is 31.2 Å². The van der Waals surface area contributed by atoms with E-state index in [9.17, 15) is 13.2 Å². The third-order valence-corrected chi connectivity index (χ3v) is 6.36. The molecule has 25 heavy (non-hydrogen) atoms. The Morgan fingerprint density at radius 2 is 1.88 bits per heavy atom. The van der Waals surface area contributed by atoms with Gasteiger partial charge in [-0.25, -0.2) is 12.7 Å². The predicted molar refractivity (Wildman–Crippen MR) is 98.7 cm³/mol. The van der Waals surface area contributed by atoms with Gasteiger partial charge < -0.3 is 5.32 Å². The molecule has 6 nitrogen and oxygen atoms in total.